The molecular weight excluding hydrogens is 285 g/mol. The number of likely N-dealkylation sites (tertiary alicyclic amines) is 1. The van der Waals surface area contributed by atoms with Crippen molar-refractivity contribution in [3.63, 3.8) is 0 Å². The Hall–Kier alpha value is -0.770. The molecule has 0 saturated carbocycles. The van der Waals surface area contributed by atoms with E-state index in [-0.39, 0.29) is 6.42 Å². The average molecular weight is 302 g/mol. The first-order valence-electron chi connectivity index (χ1n) is 6.46. The monoisotopic (exact) mass is 301 g/mol. The topological polar surface area (TPSA) is 40.5 Å². The molecule has 1 atom stereocenters. The van der Waals surface area contributed by atoms with Crippen LogP contribution in [-0.2, 0) is 11.3 Å². The van der Waals surface area contributed by atoms with Gasteiger partial charge in [0, 0.05) is 19.0 Å². The van der Waals surface area contributed by atoms with Crippen molar-refractivity contribution in [2.45, 2.75) is 38.3 Å². The van der Waals surface area contributed by atoms with Gasteiger partial charge in [0.15, 0.2) is 0 Å². The number of aliphatic carboxylic acids is 1. The highest BCUT2D eigenvalue weighted by atomic mass is 35.5. The summed E-state index contributed by atoms with van der Waals surface area (Å²) in [6.07, 6.45) is 3.17. The van der Waals surface area contributed by atoms with Crippen LogP contribution in [0.15, 0.2) is 18.2 Å². The summed E-state index contributed by atoms with van der Waals surface area (Å²) in [5.41, 5.74) is 1.12. The van der Waals surface area contributed by atoms with Gasteiger partial charge in [0.1, 0.15) is 0 Å². The molecule has 1 aromatic rings. The quantitative estimate of drug-likeness (QED) is 0.899. The molecule has 0 amide bonds. The largest absolute Gasteiger partial charge is 0.481 e. The fourth-order valence-corrected chi connectivity index (χ4v) is 2.91. The molecule has 1 fully saturated rings. The number of benzene rings is 1. The second-order valence-corrected chi connectivity index (χ2v) is 5.76. The molecule has 1 aliphatic heterocycles. The molecule has 0 aliphatic carbocycles. The van der Waals surface area contributed by atoms with Gasteiger partial charge < -0.3 is 5.11 Å². The van der Waals surface area contributed by atoms with E-state index >= 15 is 0 Å². The minimum Gasteiger partial charge on any atom is -0.481 e. The van der Waals surface area contributed by atoms with Crippen LogP contribution >= 0.6 is 23.2 Å². The lowest BCUT2D eigenvalue weighted by Gasteiger charge is -2.24. The fraction of sp³-hybridized carbons (Fsp3) is 0.500. The summed E-state index contributed by atoms with van der Waals surface area (Å²) in [6.45, 7) is 1.83. The van der Waals surface area contributed by atoms with Crippen molar-refractivity contribution in [1.29, 1.82) is 0 Å². The first kappa shape index (κ1) is 14.6. The molecule has 19 heavy (non-hydrogen) atoms. The summed E-state index contributed by atoms with van der Waals surface area (Å²) in [4.78, 5) is 13.0. The molecule has 1 N–H and O–H groups in total. The van der Waals surface area contributed by atoms with E-state index < -0.39 is 5.97 Å². The Labute approximate surface area is 123 Å². The predicted molar refractivity (Wildman–Crippen MR) is 76.8 cm³/mol. The molecule has 5 heteroatoms. The highest BCUT2D eigenvalue weighted by Crippen LogP contribution is 2.27. The lowest BCUT2D eigenvalue weighted by molar-refractivity contribution is -0.137. The molecule has 0 radical (unpaired) electrons. The molecule has 104 valence electrons. The average Bonchev–Trinajstić information content (AvgIpc) is 2.79. The maximum atomic E-state index is 10.7. The Morgan fingerprint density at radius 3 is 2.84 bits per heavy atom. The van der Waals surface area contributed by atoms with Crippen molar-refractivity contribution < 1.29 is 9.90 Å². The van der Waals surface area contributed by atoms with E-state index in [2.05, 4.69) is 4.90 Å². The molecule has 0 bridgehead atoms. The second kappa shape index (κ2) is 6.60. The normalized spacial score (nSPS) is 19.8. The van der Waals surface area contributed by atoms with Crippen LogP contribution in [0, 0.1) is 0 Å². The number of halogens is 2. The zero-order chi connectivity index (χ0) is 13.8. The van der Waals surface area contributed by atoms with Gasteiger partial charge in [0.2, 0.25) is 0 Å². The van der Waals surface area contributed by atoms with Crippen LogP contribution in [0.4, 0.5) is 0 Å². The van der Waals surface area contributed by atoms with Gasteiger partial charge in [-0.1, -0.05) is 29.3 Å². The molecule has 1 saturated heterocycles. The lowest BCUT2D eigenvalue weighted by atomic mass is 10.1. The van der Waals surface area contributed by atoms with Crippen LogP contribution in [0.25, 0.3) is 0 Å². The van der Waals surface area contributed by atoms with E-state index in [4.69, 9.17) is 28.3 Å². The van der Waals surface area contributed by atoms with Gasteiger partial charge >= 0.3 is 5.97 Å². The third-order valence-corrected chi connectivity index (χ3v) is 4.30. The third-order valence-electron chi connectivity index (χ3n) is 3.56. The van der Waals surface area contributed by atoms with Crippen LogP contribution < -0.4 is 0 Å². The van der Waals surface area contributed by atoms with E-state index in [1.807, 2.05) is 18.2 Å². The first-order valence-corrected chi connectivity index (χ1v) is 7.21. The standard InChI is InChI=1S/C14H17Cl2NO2/c15-12-5-3-10(8-13(12)16)9-17-7-1-2-11(17)4-6-14(18)19/h3,5,8,11H,1-2,4,6-7,9H2,(H,18,19). The van der Waals surface area contributed by atoms with Crippen LogP contribution in [0.3, 0.4) is 0 Å². The maximum Gasteiger partial charge on any atom is 0.303 e. The predicted octanol–water partition coefficient (Wildman–Crippen LogP) is 3.82. The summed E-state index contributed by atoms with van der Waals surface area (Å²) in [5.74, 6) is -0.721. The number of hydrogen-bond acceptors (Lipinski definition) is 2. The Morgan fingerprint density at radius 1 is 1.37 bits per heavy atom. The van der Waals surface area contributed by atoms with Crippen molar-refractivity contribution in [2.75, 3.05) is 6.54 Å². The summed E-state index contributed by atoms with van der Waals surface area (Å²) < 4.78 is 0. The van der Waals surface area contributed by atoms with E-state index in [1.54, 1.807) is 0 Å². The molecule has 1 heterocycles. The molecule has 2 rings (SSSR count). The van der Waals surface area contributed by atoms with Crippen LogP contribution in [0.1, 0.15) is 31.2 Å². The Bertz CT molecular complexity index is 465. The van der Waals surface area contributed by atoms with Gasteiger partial charge in [-0.2, -0.15) is 0 Å². The SMILES string of the molecule is O=C(O)CCC1CCCN1Cc1ccc(Cl)c(Cl)c1. The number of nitrogens with zero attached hydrogens (tertiary/aromatic N) is 1. The summed E-state index contributed by atoms with van der Waals surface area (Å²) in [7, 11) is 0. The van der Waals surface area contributed by atoms with Crippen LogP contribution in [0.2, 0.25) is 10.0 Å². The molecule has 1 aliphatic rings. The Kier molecular flexibility index (Phi) is 5.08. The van der Waals surface area contributed by atoms with Gasteiger partial charge in [0.25, 0.3) is 0 Å². The molecule has 1 aromatic carbocycles. The van der Waals surface area contributed by atoms with Gasteiger partial charge in [-0.05, 0) is 43.5 Å². The summed E-state index contributed by atoms with van der Waals surface area (Å²) >= 11 is 11.9. The molecular formula is C14H17Cl2NO2. The fourth-order valence-electron chi connectivity index (χ4n) is 2.59. The van der Waals surface area contributed by atoms with E-state index in [0.717, 1.165) is 37.9 Å². The van der Waals surface area contributed by atoms with Crippen molar-refractivity contribution in [3.8, 4) is 0 Å². The number of rotatable bonds is 5. The van der Waals surface area contributed by atoms with Crippen molar-refractivity contribution in [2.24, 2.45) is 0 Å². The minimum absolute atomic E-state index is 0.239. The van der Waals surface area contributed by atoms with E-state index in [9.17, 15) is 4.79 Å². The van der Waals surface area contributed by atoms with Crippen molar-refractivity contribution >= 4 is 29.2 Å². The van der Waals surface area contributed by atoms with Crippen LogP contribution in [-0.4, -0.2) is 28.6 Å². The zero-order valence-corrected chi connectivity index (χ0v) is 12.1. The summed E-state index contributed by atoms with van der Waals surface area (Å²) in [5, 5.41) is 9.90. The highest BCUT2D eigenvalue weighted by Gasteiger charge is 2.24. The minimum atomic E-state index is -0.721. The Balaban J connectivity index is 1.96. The van der Waals surface area contributed by atoms with Gasteiger partial charge in [-0.25, -0.2) is 0 Å². The number of hydrogen-bond donors (Lipinski definition) is 1. The second-order valence-electron chi connectivity index (χ2n) is 4.95. The molecule has 0 aromatic heterocycles. The number of carboxylic acids is 1. The summed E-state index contributed by atoms with van der Waals surface area (Å²) in [6, 6.07) is 6.03. The smallest absolute Gasteiger partial charge is 0.303 e. The third kappa shape index (κ3) is 4.10. The van der Waals surface area contributed by atoms with Gasteiger partial charge in [-0.15, -0.1) is 0 Å². The lowest BCUT2D eigenvalue weighted by Crippen LogP contribution is -2.29. The van der Waals surface area contributed by atoms with Crippen LogP contribution in [0.5, 0.6) is 0 Å². The maximum absolute atomic E-state index is 10.7. The molecule has 0 spiro atoms. The van der Waals surface area contributed by atoms with Crippen molar-refractivity contribution in [1.82, 2.24) is 4.90 Å². The highest BCUT2D eigenvalue weighted by molar-refractivity contribution is 6.42. The van der Waals surface area contributed by atoms with E-state index in [0.29, 0.717) is 16.1 Å². The van der Waals surface area contributed by atoms with Crippen molar-refractivity contribution in [3.05, 3.63) is 33.8 Å². The molecule has 1 unspecified atom stereocenters. The van der Waals surface area contributed by atoms with Gasteiger partial charge in [0.05, 0.1) is 10.0 Å². The van der Waals surface area contributed by atoms with Gasteiger partial charge in [-0.3, -0.25) is 9.69 Å². The zero-order valence-electron chi connectivity index (χ0n) is 10.6. The molecule has 3 nitrogen and oxygen atoms in total. The number of carboxylic acid groups (broad SMARTS) is 1. The number of carbonyl (C=O) groups is 1. The Morgan fingerprint density at radius 2 is 2.16 bits per heavy atom. The first-order chi connectivity index (χ1) is 9.06. The van der Waals surface area contributed by atoms with E-state index in [1.165, 1.54) is 0 Å².